The van der Waals surface area contributed by atoms with Crippen LogP contribution in [-0.4, -0.2) is 30.6 Å². The van der Waals surface area contributed by atoms with E-state index in [1.165, 1.54) is 33.4 Å². The fraction of sp³-hybridized carbons (Fsp3) is 0.286. The molecule has 0 fully saturated rings. The predicted molar refractivity (Wildman–Crippen MR) is 106 cm³/mol. The second-order valence-electron chi connectivity index (χ2n) is 7.35. The van der Waals surface area contributed by atoms with Crippen LogP contribution < -0.4 is 9.80 Å². The lowest BCUT2D eigenvalue weighted by Crippen LogP contribution is -2.29. The molecule has 132 valence electrons. The van der Waals surface area contributed by atoms with Crippen molar-refractivity contribution in [3.05, 3.63) is 53.2 Å². The molecule has 5 rings (SSSR count). The molecule has 0 saturated heterocycles. The summed E-state index contributed by atoms with van der Waals surface area (Å²) in [5.41, 5.74) is 8.28. The first-order chi connectivity index (χ1) is 12.6. The van der Waals surface area contributed by atoms with Crippen molar-refractivity contribution in [2.24, 2.45) is 0 Å². The first-order valence-electron chi connectivity index (χ1n) is 9.01. The van der Waals surface area contributed by atoms with Crippen LogP contribution in [-0.2, 0) is 13.0 Å². The van der Waals surface area contributed by atoms with E-state index in [1.54, 1.807) is 0 Å². The van der Waals surface area contributed by atoms with Gasteiger partial charge in [-0.1, -0.05) is 11.6 Å². The largest absolute Gasteiger partial charge is 0.423 e. The van der Waals surface area contributed by atoms with Crippen LogP contribution in [0.4, 0.5) is 11.7 Å². The second kappa shape index (κ2) is 5.53. The summed E-state index contributed by atoms with van der Waals surface area (Å²) in [6, 6.07) is 13.6. The molecule has 0 saturated carbocycles. The molecule has 2 aromatic carbocycles. The Balaban J connectivity index is 1.53. The second-order valence-corrected chi connectivity index (χ2v) is 7.35. The number of fused-ring (bicyclic) bond motifs is 4. The number of aromatic nitrogens is 2. The van der Waals surface area contributed by atoms with E-state index >= 15 is 0 Å². The average molecular weight is 346 g/mol. The molecule has 4 aromatic rings. The summed E-state index contributed by atoms with van der Waals surface area (Å²) in [6.07, 6.45) is 1.03. The molecule has 5 heteroatoms. The van der Waals surface area contributed by atoms with Crippen LogP contribution in [0.3, 0.4) is 0 Å². The Morgan fingerprint density at radius 3 is 2.88 bits per heavy atom. The normalized spacial score (nSPS) is 14.2. The predicted octanol–water partition coefficient (Wildman–Crippen LogP) is 4.25. The highest BCUT2D eigenvalue weighted by Gasteiger charge is 2.21. The Morgan fingerprint density at radius 2 is 2.04 bits per heavy atom. The van der Waals surface area contributed by atoms with Crippen molar-refractivity contribution in [3.63, 3.8) is 0 Å². The third-order valence-corrected chi connectivity index (χ3v) is 5.24. The standard InChI is InChI=1S/C21H22N4O/c1-13-4-6-17-15(10-13)16-12-25(9-8-18(16)22-17)14-5-7-20-19(11-14)23-21(26-20)24(2)3/h4-7,10-11,22H,8-9,12H2,1-3H3. The SMILES string of the molecule is Cc1ccc2[nH]c3c(c2c1)CN(c1ccc2oc(N(C)C)nc2c1)CC3. The average Bonchev–Trinajstić information content (AvgIpc) is 3.21. The number of nitrogens with one attached hydrogen (secondary N) is 1. The molecular weight excluding hydrogens is 324 g/mol. The number of rotatable bonds is 2. The molecule has 1 N–H and O–H groups in total. The van der Waals surface area contributed by atoms with E-state index in [4.69, 9.17) is 4.42 Å². The van der Waals surface area contributed by atoms with E-state index in [-0.39, 0.29) is 0 Å². The molecule has 0 radical (unpaired) electrons. The van der Waals surface area contributed by atoms with Crippen LogP contribution >= 0.6 is 0 Å². The number of anilines is 2. The van der Waals surface area contributed by atoms with E-state index < -0.39 is 0 Å². The third-order valence-electron chi connectivity index (χ3n) is 5.24. The molecule has 3 heterocycles. The molecule has 0 unspecified atom stereocenters. The van der Waals surface area contributed by atoms with Gasteiger partial charge in [0.25, 0.3) is 6.01 Å². The van der Waals surface area contributed by atoms with Crippen molar-refractivity contribution in [2.75, 3.05) is 30.4 Å². The maximum absolute atomic E-state index is 5.78. The summed E-state index contributed by atoms with van der Waals surface area (Å²) in [6.45, 7) is 4.08. The summed E-state index contributed by atoms with van der Waals surface area (Å²) in [5.74, 6) is 0. The number of aromatic amines is 1. The lowest BCUT2D eigenvalue weighted by molar-refractivity contribution is 0.596. The van der Waals surface area contributed by atoms with Gasteiger partial charge in [-0.05, 0) is 37.3 Å². The van der Waals surface area contributed by atoms with Crippen molar-refractivity contribution < 1.29 is 4.42 Å². The summed E-state index contributed by atoms with van der Waals surface area (Å²) in [7, 11) is 3.88. The molecule has 26 heavy (non-hydrogen) atoms. The summed E-state index contributed by atoms with van der Waals surface area (Å²) in [4.78, 5) is 12.5. The topological polar surface area (TPSA) is 48.3 Å². The fourth-order valence-corrected chi connectivity index (χ4v) is 3.84. The number of H-pyrrole nitrogens is 1. The molecule has 5 nitrogen and oxygen atoms in total. The van der Waals surface area contributed by atoms with Gasteiger partial charge in [0.15, 0.2) is 5.58 Å². The van der Waals surface area contributed by atoms with Crippen LogP contribution in [0.2, 0.25) is 0 Å². The minimum Gasteiger partial charge on any atom is -0.423 e. The monoisotopic (exact) mass is 346 g/mol. The van der Waals surface area contributed by atoms with E-state index in [9.17, 15) is 0 Å². The van der Waals surface area contributed by atoms with Gasteiger partial charge in [0.2, 0.25) is 0 Å². The third kappa shape index (κ3) is 2.35. The minimum absolute atomic E-state index is 0.644. The summed E-state index contributed by atoms with van der Waals surface area (Å²) in [5, 5.41) is 1.35. The van der Waals surface area contributed by atoms with Crippen LogP contribution in [0.25, 0.3) is 22.0 Å². The number of hydrogen-bond donors (Lipinski definition) is 1. The number of benzene rings is 2. The zero-order valence-electron chi connectivity index (χ0n) is 15.3. The van der Waals surface area contributed by atoms with Crippen LogP contribution in [0.15, 0.2) is 40.8 Å². The zero-order valence-corrected chi connectivity index (χ0v) is 15.3. The van der Waals surface area contributed by atoms with E-state index in [2.05, 4.69) is 52.1 Å². The Labute approximate surface area is 152 Å². The quantitative estimate of drug-likeness (QED) is 0.589. The van der Waals surface area contributed by atoms with E-state index in [1.807, 2.05) is 25.1 Å². The number of aryl methyl sites for hydroxylation is 1. The number of oxazole rings is 1. The summed E-state index contributed by atoms with van der Waals surface area (Å²) < 4.78 is 5.78. The highest BCUT2D eigenvalue weighted by Crippen LogP contribution is 2.32. The van der Waals surface area contributed by atoms with Gasteiger partial charge in [-0.15, -0.1) is 0 Å². The van der Waals surface area contributed by atoms with Gasteiger partial charge in [-0.25, -0.2) is 0 Å². The van der Waals surface area contributed by atoms with Crippen LogP contribution in [0, 0.1) is 6.92 Å². The first-order valence-corrected chi connectivity index (χ1v) is 9.01. The smallest absolute Gasteiger partial charge is 0.297 e. The molecule has 0 aliphatic carbocycles. The molecule has 2 aromatic heterocycles. The Bertz CT molecular complexity index is 1120. The van der Waals surface area contributed by atoms with Crippen molar-refractivity contribution in [2.45, 2.75) is 19.9 Å². The molecule has 0 atom stereocenters. The Kier molecular flexibility index (Phi) is 3.26. The summed E-state index contributed by atoms with van der Waals surface area (Å²) >= 11 is 0. The Hall–Kier alpha value is -2.95. The Morgan fingerprint density at radius 1 is 1.15 bits per heavy atom. The fourth-order valence-electron chi connectivity index (χ4n) is 3.84. The van der Waals surface area contributed by atoms with Gasteiger partial charge >= 0.3 is 0 Å². The zero-order chi connectivity index (χ0) is 17.8. The van der Waals surface area contributed by atoms with Crippen molar-refractivity contribution in [1.29, 1.82) is 0 Å². The molecule has 1 aliphatic rings. The first kappa shape index (κ1) is 15.3. The molecular formula is C21H22N4O. The van der Waals surface area contributed by atoms with Crippen molar-refractivity contribution >= 4 is 33.7 Å². The van der Waals surface area contributed by atoms with Gasteiger partial charge in [0.1, 0.15) is 5.52 Å². The number of hydrogen-bond acceptors (Lipinski definition) is 4. The van der Waals surface area contributed by atoms with Gasteiger partial charge in [0, 0.05) is 61.5 Å². The van der Waals surface area contributed by atoms with Gasteiger partial charge in [-0.3, -0.25) is 0 Å². The molecule has 0 spiro atoms. The van der Waals surface area contributed by atoms with Crippen molar-refractivity contribution in [1.82, 2.24) is 9.97 Å². The van der Waals surface area contributed by atoms with Gasteiger partial charge in [0.05, 0.1) is 0 Å². The van der Waals surface area contributed by atoms with Crippen LogP contribution in [0.5, 0.6) is 0 Å². The number of nitrogens with zero attached hydrogens (tertiary/aromatic N) is 3. The van der Waals surface area contributed by atoms with Crippen molar-refractivity contribution in [3.8, 4) is 0 Å². The van der Waals surface area contributed by atoms with Gasteiger partial charge in [-0.2, -0.15) is 4.98 Å². The molecule has 1 aliphatic heterocycles. The lowest BCUT2D eigenvalue weighted by Gasteiger charge is -2.29. The van der Waals surface area contributed by atoms with E-state index in [0.717, 1.165) is 30.6 Å². The maximum atomic E-state index is 5.78. The molecule has 0 amide bonds. The van der Waals surface area contributed by atoms with E-state index in [0.29, 0.717) is 6.01 Å². The maximum Gasteiger partial charge on any atom is 0.297 e. The van der Waals surface area contributed by atoms with Gasteiger partial charge < -0.3 is 19.2 Å². The lowest BCUT2D eigenvalue weighted by atomic mass is 10.0. The highest BCUT2D eigenvalue weighted by molar-refractivity contribution is 5.86. The highest BCUT2D eigenvalue weighted by atomic mass is 16.4. The minimum atomic E-state index is 0.644. The van der Waals surface area contributed by atoms with Crippen LogP contribution in [0.1, 0.15) is 16.8 Å². The molecule has 0 bridgehead atoms.